The minimum absolute atomic E-state index is 0. The first-order chi connectivity index (χ1) is 9.15. The Bertz CT molecular complexity index is 360. The van der Waals surface area contributed by atoms with Gasteiger partial charge in [-0.25, -0.2) is 0 Å². The Morgan fingerprint density at radius 2 is 1.55 bits per heavy atom. The highest BCUT2D eigenvalue weighted by atomic mass is 13.9. The Kier molecular flexibility index (Phi) is 40.5. The van der Waals surface area contributed by atoms with Crippen LogP contribution in [0, 0.1) is 19.3 Å². The van der Waals surface area contributed by atoms with Gasteiger partial charge in [-0.3, -0.25) is 0 Å². The van der Waals surface area contributed by atoms with Gasteiger partial charge in [-0.15, -0.1) is 13.0 Å². The monoisotopic (exact) mass is 304 g/mol. The number of hydrogen-bond acceptors (Lipinski definition) is 0. The summed E-state index contributed by atoms with van der Waals surface area (Å²) in [6, 6.07) is 8.66. The predicted molar refractivity (Wildman–Crippen MR) is 110 cm³/mol. The normalized spacial score (nSPS) is 7.41. The highest BCUT2D eigenvalue weighted by Crippen LogP contribution is 2.05. The molecule has 0 fully saturated rings. The van der Waals surface area contributed by atoms with E-state index in [0.29, 0.717) is 0 Å². The predicted octanol–water partition coefficient (Wildman–Crippen LogP) is 7.63. The molecule has 0 atom stereocenters. The fraction of sp³-hybridized carbons (Fsp3) is 0.455. The van der Waals surface area contributed by atoms with E-state index in [1.54, 1.807) is 6.08 Å². The molecular formula is C22H40. The largest absolute Gasteiger partial charge is 0.115 e. The van der Waals surface area contributed by atoms with Crippen molar-refractivity contribution in [1.82, 2.24) is 0 Å². The first kappa shape index (κ1) is 32.3. The maximum atomic E-state index is 4.80. The van der Waals surface area contributed by atoms with Crippen molar-refractivity contribution in [3.63, 3.8) is 0 Å². The first-order valence-electron chi connectivity index (χ1n) is 6.89. The topological polar surface area (TPSA) is 0 Å². The Labute approximate surface area is 142 Å². The van der Waals surface area contributed by atoms with Gasteiger partial charge in [0.25, 0.3) is 0 Å². The molecule has 0 amide bonds. The number of allylic oxidation sites excluding steroid dienone is 3. The second-order valence-corrected chi connectivity index (χ2v) is 4.19. The number of rotatable bonds is 3. The summed E-state index contributed by atoms with van der Waals surface area (Å²) in [6.07, 6.45) is 13.7. The molecule has 0 saturated carbocycles. The van der Waals surface area contributed by atoms with Crippen molar-refractivity contribution < 1.29 is 0 Å². The molecule has 0 radical (unpaired) electrons. The molecule has 0 heterocycles. The summed E-state index contributed by atoms with van der Waals surface area (Å²) < 4.78 is 0. The van der Waals surface area contributed by atoms with Crippen molar-refractivity contribution in [2.45, 2.75) is 69.2 Å². The van der Waals surface area contributed by atoms with Gasteiger partial charge >= 0.3 is 0 Å². The third kappa shape index (κ3) is 26.8. The lowest BCUT2D eigenvalue weighted by Crippen LogP contribution is -1.82. The van der Waals surface area contributed by atoms with Gasteiger partial charge in [0.15, 0.2) is 0 Å². The van der Waals surface area contributed by atoms with Crippen LogP contribution in [0.5, 0.6) is 0 Å². The number of hydrogen-bond donors (Lipinski definition) is 0. The van der Waals surface area contributed by atoms with Crippen LogP contribution in [0.1, 0.15) is 67.0 Å². The van der Waals surface area contributed by atoms with Gasteiger partial charge in [0.2, 0.25) is 0 Å². The van der Waals surface area contributed by atoms with Crippen LogP contribution in [0.3, 0.4) is 0 Å². The van der Waals surface area contributed by atoms with Crippen molar-refractivity contribution in [2.24, 2.45) is 0 Å². The summed E-state index contributed by atoms with van der Waals surface area (Å²) in [5.41, 5.74) is 2.72. The van der Waals surface area contributed by atoms with E-state index in [9.17, 15) is 0 Å². The van der Waals surface area contributed by atoms with Gasteiger partial charge in [0, 0.05) is 0 Å². The Balaban J connectivity index is -0.0000000760. The third-order valence-corrected chi connectivity index (χ3v) is 2.02. The van der Waals surface area contributed by atoms with Crippen LogP contribution in [0.15, 0.2) is 49.1 Å². The van der Waals surface area contributed by atoms with Gasteiger partial charge in [0.1, 0.15) is 0 Å². The highest BCUT2D eigenvalue weighted by Gasteiger charge is 1.88. The van der Waals surface area contributed by atoms with Gasteiger partial charge in [-0.1, -0.05) is 90.4 Å². The maximum absolute atomic E-state index is 4.80. The smallest absolute Gasteiger partial charge is 0.0164 e. The average Bonchev–Trinajstić information content (AvgIpc) is 2.41. The molecule has 128 valence electrons. The van der Waals surface area contributed by atoms with Crippen LogP contribution in [-0.4, -0.2) is 0 Å². The van der Waals surface area contributed by atoms with E-state index in [4.69, 9.17) is 6.42 Å². The zero-order chi connectivity index (χ0) is 14.9. The standard InChI is InChI=1S/C11H14.C5H6.C3H8.3CH4/c1-3-4-5-11-8-6-10(2)7-9-11;1-3-5-4-2;1-3-2;;;/h3,6-9H,1,4-5H2,2H3;1,4-5H,2H3;3H2,1-2H3;3*1H4/b;5-4+;;;;. The van der Waals surface area contributed by atoms with Gasteiger partial charge < -0.3 is 0 Å². The second-order valence-electron chi connectivity index (χ2n) is 4.19. The fourth-order valence-corrected chi connectivity index (χ4v) is 1.12. The molecule has 1 aromatic rings. The minimum atomic E-state index is 0. The molecule has 0 unspecified atom stereocenters. The molecule has 0 aliphatic heterocycles. The summed E-state index contributed by atoms with van der Waals surface area (Å²) >= 11 is 0. The zero-order valence-electron chi connectivity index (χ0n) is 12.9. The van der Waals surface area contributed by atoms with Crippen molar-refractivity contribution in [3.8, 4) is 12.3 Å². The van der Waals surface area contributed by atoms with Crippen LogP contribution in [-0.2, 0) is 6.42 Å². The maximum Gasteiger partial charge on any atom is -0.0164 e. The van der Waals surface area contributed by atoms with Crippen molar-refractivity contribution >= 4 is 0 Å². The first-order valence-corrected chi connectivity index (χ1v) is 6.89. The molecule has 0 aliphatic carbocycles. The summed E-state index contributed by atoms with van der Waals surface area (Å²) in [5, 5.41) is 0. The molecule has 22 heavy (non-hydrogen) atoms. The average molecular weight is 305 g/mol. The Morgan fingerprint density at radius 1 is 1.09 bits per heavy atom. The SMILES string of the molecule is C.C.C.C#C/C=C/C.C=CCCc1ccc(C)cc1.CCC. The van der Waals surface area contributed by atoms with Crippen molar-refractivity contribution in [2.75, 3.05) is 0 Å². The lowest BCUT2D eigenvalue weighted by molar-refractivity contribution is 1.00. The van der Waals surface area contributed by atoms with E-state index in [1.807, 2.05) is 19.1 Å². The number of aryl methyl sites for hydroxylation is 2. The molecule has 0 spiro atoms. The van der Waals surface area contributed by atoms with Crippen molar-refractivity contribution in [1.29, 1.82) is 0 Å². The van der Waals surface area contributed by atoms with E-state index in [1.165, 1.54) is 17.5 Å². The summed E-state index contributed by atoms with van der Waals surface area (Å²) in [4.78, 5) is 0. The Morgan fingerprint density at radius 3 is 1.82 bits per heavy atom. The van der Waals surface area contributed by atoms with Gasteiger partial charge in [-0.05, 0) is 38.3 Å². The van der Waals surface area contributed by atoms with Crippen LogP contribution in [0.25, 0.3) is 0 Å². The molecular weight excluding hydrogens is 264 g/mol. The van der Waals surface area contributed by atoms with Gasteiger partial charge in [-0.2, -0.15) is 0 Å². The quantitative estimate of drug-likeness (QED) is 0.397. The fourth-order valence-electron chi connectivity index (χ4n) is 1.12. The van der Waals surface area contributed by atoms with Crippen LogP contribution >= 0.6 is 0 Å². The van der Waals surface area contributed by atoms with E-state index in [2.05, 4.69) is 57.5 Å². The molecule has 0 nitrogen and oxygen atoms in total. The minimum Gasteiger partial charge on any atom is -0.115 e. The van der Waals surface area contributed by atoms with Crippen LogP contribution < -0.4 is 0 Å². The van der Waals surface area contributed by atoms with Crippen LogP contribution in [0.2, 0.25) is 0 Å². The molecule has 0 heteroatoms. The van der Waals surface area contributed by atoms with Gasteiger partial charge in [0.05, 0.1) is 0 Å². The van der Waals surface area contributed by atoms with E-state index >= 15 is 0 Å². The number of benzene rings is 1. The van der Waals surface area contributed by atoms with Crippen molar-refractivity contribution in [3.05, 3.63) is 60.2 Å². The molecule has 0 N–H and O–H groups in total. The molecule has 1 aromatic carbocycles. The third-order valence-electron chi connectivity index (χ3n) is 2.02. The van der Waals surface area contributed by atoms with E-state index in [0.717, 1.165) is 12.8 Å². The molecule has 0 aromatic heterocycles. The summed E-state index contributed by atoms with van der Waals surface area (Å²) in [6.45, 7) is 11.9. The highest BCUT2D eigenvalue weighted by molar-refractivity contribution is 5.21. The molecule has 1 rings (SSSR count). The summed E-state index contributed by atoms with van der Waals surface area (Å²) in [5.74, 6) is 2.34. The van der Waals surface area contributed by atoms with E-state index < -0.39 is 0 Å². The second kappa shape index (κ2) is 27.6. The number of terminal acetylenes is 1. The van der Waals surface area contributed by atoms with E-state index in [-0.39, 0.29) is 22.3 Å². The lowest BCUT2D eigenvalue weighted by Gasteiger charge is -1.97. The lowest BCUT2D eigenvalue weighted by atomic mass is 10.1. The zero-order valence-corrected chi connectivity index (χ0v) is 12.9. The summed E-state index contributed by atoms with van der Waals surface area (Å²) in [7, 11) is 0. The molecule has 0 aliphatic rings. The molecule has 0 saturated heterocycles. The molecule has 0 bridgehead atoms. The van der Waals surface area contributed by atoms with Crippen LogP contribution in [0.4, 0.5) is 0 Å². The Hall–Kier alpha value is -1.74.